The van der Waals surface area contributed by atoms with E-state index in [0.29, 0.717) is 32.0 Å². The van der Waals surface area contributed by atoms with E-state index in [2.05, 4.69) is 0 Å². The van der Waals surface area contributed by atoms with Crippen LogP contribution in [-0.4, -0.2) is 43.8 Å². The predicted molar refractivity (Wildman–Crippen MR) is 57.2 cm³/mol. The maximum Gasteiger partial charge on any atom is 0.209 e. The molecule has 1 aliphatic carbocycles. The lowest BCUT2D eigenvalue weighted by molar-refractivity contribution is -0.135. The van der Waals surface area contributed by atoms with Gasteiger partial charge in [-0.15, -0.1) is 0 Å². The molecule has 17 heavy (non-hydrogen) atoms. The van der Waals surface area contributed by atoms with Gasteiger partial charge in [0.1, 0.15) is 0 Å². The smallest absolute Gasteiger partial charge is 0.209 e. The molecule has 0 aromatic rings. The van der Waals surface area contributed by atoms with Crippen LogP contribution in [0.1, 0.15) is 6.92 Å². The second kappa shape index (κ2) is 3.74. The van der Waals surface area contributed by atoms with Gasteiger partial charge in [-0.2, -0.15) is 0 Å². The molecule has 3 rings (SSSR count). The summed E-state index contributed by atoms with van der Waals surface area (Å²) in [5.74, 6) is -2.02. The van der Waals surface area contributed by atoms with Crippen LogP contribution in [0.5, 0.6) is 0 Å². The zero-order valence-electron chi connectivity index (χ0n) is 9.60. The number of carbonyl (C=O) groups excluding carboxylic acids is 1. The topological polar surface area (TPSA) is 54.0 Å². The second-order valence-corrected chi connectivity index (χ2v) is 4.32. The van der Waals surface area contributed by atoms with Gasteiger partial charge < -0.3 is 18.9 Å². The molecule has 5 nitrogen and oxygen atoms in total. The number of ether oxygens (including phenoxy) is 4. The molecule has 0 bridgehead atoms. The number of ketones is 1. The first-order chi connectivity index (χ1) is 8.14. The highest BCUT2D eigenvalue weighted by molar-refractivity contribution is 6.06. The highest BCUT2D eigenvalue weighted by Gasteiger charge is 2.44. The summed E-state index contributed by atoms with van der Waals surface area (Å²) in [5, 5.41) is 0. The van der Waals surface area contributed by atoms with E-state index in [-0.39, 0.29) is 5.78 Å². The molecule has 0 aromatic carbocycles. The molecule has 2 fully saturated rings. The summed E-state index contributed by atoms with van der Waals surface area (Å²) in [4.78, 5) is 11.9. The average Bonchev–Trinajstić information content (AvgIpc) is 2.93. The molecule has 0 unspecified atom stereocenters. The zero-order valence-corrected chi connectivity index (χ0v) is 9.60. The van der Waals surface area contributed by atoms with Crippen molar-refractivity contribution in [1.29, 1.82) is 0 Å². The van der Waals surface area contributed by atoms with Crippen molar-refractivity contribution in [1.82, 2.24) is 0 Å². The first-order valence-corrected chi connectivity index (χ1v) is 5.66. The van der Waals surface area contributed by atoms with Gasteiger partial charge in [-0.05, 0) is 25.2 Å². The van der Waals surface area contributed by atoms with E-state index in [1.165, 1.54) is 6.08 Å². The Bertz CT molecular complexity index is 397. The highest BCUT2D eigenvalue weighted by atomic mass is 16.7. The monoisotopic (exact) mass is 238 g/mol. The Morgan fingerprint density at radius 3 is 2.29 bits per heavy atom. The van der Waals surface area contributed by atoms with Crippen LogP contribution < -0.4 is 0 Å². The Morgan fingerprint density at radius 1 is 1.06 bits per heavy atom. The maximum atomic E-state index is 11.9. The third-order valence-electron chi connectivity index (χ3n) is 3.14. The number of allylic oxidation sites excluding steroid dienone is 1. The van der Waals surface area contributed by atoms with E-state index in [1.54, 1.807) is 19.1 Å². The minimum atomic E-state index is -0.982. The molecule has 3 aliphatic rings. The summed E-state index contributed by atoms with van der Waals surface area (Å²) >= 11 is 0. The lowest BCUT2D eigenvalue weighted by Gasteiger charge is -2.30. The fourth-order valence-electron chi connectivity index (χ4n) is 2.25. The van der Waals surface area contributed by atoms with Crippen LogP contribution in [0.15, 0.2) is 23.8 Å². The van der Waals surface area contributed by atoms with Gasteiger partial charge in [0, 0.05) is 0 Å². The van der Waals surface area contributed by atoms with E-state index in [9.17, 15) is 4.79 Å². The Hall–Kier alpha value is -1.01. The minimum Gasteiger partial charge on any atom is -0.344 e. The molecule has 0 aromatic heterocycles. The van der Waals surface area contributed by atoms with Gasteiger partial charge in [0.25, 0.3) is 0 Å². The summed E-state index contributed by atoms with van der Waals surface area (Å²) in [6, 6.07) is 0. The second-order valence-electron chi connectivity index (χ2n) is 4.32. The van der Waals surface area contributed by atoms with Crippen molar-refractivity contribution in [3.63, 3.8) is 0 Å². The Kier molecular flexibility index (Phi) is 2.45. The standard InChI is InChI=1S/C12H14O5/c1-11(14-4-5-15-11)9-8-12(3-2-10(9)13)16-6-7-17-12/h2-3,8H,4-7H2,1H3. The summed E-state index contributed by atoms with van der Waals surface area (Å²) in [6.45, 7) is 3.74. The zero-order chi connectivity index (χ0) is 11.9. The van der Waals surface area contributed by atoms with Gasteiger partial charge in [-0.1, -0.05) is 0 Å². The first-order valence-electron chi connectivity index (χ1n) is 5.66. The van der Waals surface area contributed by atoms with Crippen LogP contribution in [0.3, 0.4) is 0 Å². The van der Waals surface area contributed by atoms with Crippen molar-refractivity contribution >= 4 is 5.78 Å². The van der Waals surface area contributed by atoms with Crippen LogP contribution in [0, 0.1) is 0 Å². The Morgan fingerprint density at radius 2 is 1.65 bits per heavy atom. The molecular weight excluding hydrogens is 224 g/mol. The molecule has 0 amide bonds. The van der Waals surface area contributed by atoms with Gasteiger partial charge in [-0.25, -0.2) is 0 Å². The number of rotatable bonds is 1. The maximum absolute atomic E-state index is 11.9. The van der Waals surface area contributed by atoms with Crippen molar-refractivity contribution in [2.75, 3.05) is 26.4 Å². The van der Waals surface area contributed by atoms with E-state index in [0.717, 1.165) is 0 Å². The third kappa shape index (κ3) is 1.75. The minimum absolute atomic E-state index is 0.126. The van der Waals surface area contributed by atoms with Crippen molar-refractivity contribution in [3.05, 3.63) is 23.8 Å². The number of hydrogen-bond donors (Lipinski definition) is 0. The predicted octanol–water partition coefficient (Wildman–Crippen LogP) is 0.558. The normalized spacial score (nSPS) is 29.9. The fraction of sp³-hybridized carbons (Fsp3) is 0.583. The molecule has 0 atom stereocenters. The van der Waals surface area contributed by atoms with Gasteiger partial charge >= 0.3 is 0 Å². The molecule has 2 heterocycles. The quantitative estimate of drug-likeness (QED) is 0.668. The molecule has 2 saturated heterocycles. The summed E-state index contributed by atoms with van der Waals surface area (Å²) in [7, 11) is 0. The molecule has 5 heteroatoms. The summed E-state index contributed by atoms with van der Waals surface area (Å²) in [5.41, 5.74) is 0.444. The van der Waals surface area contributed by atoms with Crippen LogP contribution in [0.4, 0.5) is 0 Å². The van der Waals surface area contributed by atoms with Crippen molar-refractivity contribution in [3.8, 4) is 0 Å². The van der Waals surface area contributed by atoms with Crippen LogP contribution in [0.2, 0.25) is 0 Å². The molecule has 0 radical (unpaired) electrons. The molecule has 92 valence electrons. The fourth-order valence-corrected chi connectivity index (χ4v) is 2.25. The lowest BCUT2D eigenvalue weighted by Crippen LogP contribution is -2.38. The highest BCUT2D eigenvalue weighted by Crippen LogP contribution is 2.35. The van der Waals surface area contributed by atoms with Gasteiger partial charge in [0.2, 0.25) is 5.79 Å². The molecular formula is C12H14O5. The van der Waals surface area contributed by atoms with Crippen molar-refractivity contribution in [2.45, 2.75) is 18.5 Å². The van der Waals surface area contributed by atoms with Crippen LogP contribution in [-0.2, 0) is 23.7 Å². The van der Waals surface area contributed by atoms with Crippen molar-refractivity contribution in [2.24, 2.45) is 0 Å². The van der Waals surface area contributed by atoms with Gasteiger partial charge in [-0.3, -0.25) is 4.79 Å². The average molecular weight is 238 g/mol. The van der Waals surface area contributed by atoms with Crippen molar-refractivity contribution < 1.29 is 23.7 Å². The molecule has 0 N–H and O–H groups in total. The van der Waals surface area contributed by atoms with E-state index in [1.807, 2.05) is 0 Å². The lowest BCUT2D eigenvalue weighted by atomic mass is 9.94. The molecule has 2 aliphatic heterocycles. The number of carbonyl (C=O) groups is 1. The largest absolute Gasteiger partial charge is 0.344 e. The molecule has 0 saturated carbocycles. The van der Waals surface area contributed by atoms with E-state index < -0.39 is 11.6 Å². The van der Waals surface area contributed by atoms with Crippen LogP contribution >= 0.6 is 0 Å². The summed E-state index contributed by atoms with van der Waals surface area (Å²) in [6.07, 6.45) is 4.74. The summed E-state index contributed by atoms with van der Waals surface area (Å²) < 4.78 is 22.0. The van der Waals surface area contributed by atoms with E-state index in [4.69, 9.17) is 18.9 Å². The van der Waals surface area contributed by atoms with Gasteiger partial charge in [0.15, 0.2) is 11.6 Å². The van der Waals surface area contributed by atoms with E-state index >= 15 is 0 Å². The molecule has 1 spiro atoms. The Balaban J connectivity index is 1.96. The first kappa shape index (κ1) is 11.1. The third-order valence-corrected chi connectivity index (χ3v) is 3.14. The SMILES string of the molecule is CC1(C2=CC3(C=CC2=O)OCCO3)OCCO1. The Labute approximate surface area is 99.0 Å². The number of hydrogen-bond acceptors (Lipinski definition) is 5. The van der Waals surface area contributed by atoms with Crippen LogP contribution in [0.25, 0.3) is 0 Å². The van der Waals surface area contributed by atoms with Gasteiger partial charge in [0.05, 0.1) is 32.0 Å².